The van der Waals surface area contributed by atoms with Gasteiger partial charge < -0.3 is 0 Å². The summed E-state index contributed by atoms with van der Waals surface area (Å²) in [5.41, 5.74) is 5.38. The van der Waals surface area contributed by atoms with Gasteiger partial charge in [0.05, 0.1) is 0 Å². The van der Waals surface area contributed by atoms with E-state index >= 15 is 0 Å². The van der Waals surface area contributed by atoms with Gasteiger partial charge in [-0.3, -0.25) is 0 Å². The van der Waals surface area contributed by atoms with Crippen molar-refractivity contribution >= 4 is 12.2 Å². The lowest BCUT2D eigenvalue weighted by molar-refractivity contribution is 1.66. The van der Waals surface area contributed by atoms with Gasteiger partial charge in [-0.05, 0) is 35.4 Å². The highest BCUT2D eigenvalue weighted by molar-refractivity contribution is 5.71. The molecule has 0 amide bonds. The summed E-state index contributed by atoms with van der Waals surface area (Å²) in [4.78, 5) is 0. The number of hydrogen-bond donors (Lipinski definition) is 0. The molecule has 0 N–H and O–H groups in total. The maximum absolute atomic E-state index is 3.00. The molecule has 1 aliphatic carbocycles. The molecule has 0 saturated carbocycles. The van der Waals surface area contributed by atoms with E-state index in [1.165, 1.54) is 11.1 Å². The summed E-state index contributed by atoms with van der Waals surface area (Å²) in [6.45, 7) is 0. The Bertz CT molecular complexity index is 262. The summed E-state index contributed by atoms with van der Waals surface area (Å²) < 4.78 is 0. The third-order valence-electron chi connectivity index (χ3n) is 1.35. The lowest BCUT2D eigenvalue weighted by Crippen LogP contribution is -1.70. The molecule has 0 unspecified atom stereocenters. The van der Waals surface area contributed by atoms with Crippen LogP contribution in [0.4, 0.5) is 0 Å². The molecule has 1 aromatic carbocycles. The van der Waals surface area contributed by atoms with E-state index in [1.807, 2.05) is 24.3 Å². The first-order valence-corrected chi connectivity index (χ1v) is 2.81. The normalized spacial score (nSPS) is 11.1. The summed E-state index contributed by atoms with van der Waals surface area (Å²) in [5.74, 6) is 0. The van der Waals surface area contributed by atoms with Crippen LogP contribution in [-0.4, -0.2) is 0 Å². The molecule has 1 aliphatic rings. The maximum atomic E-state index is 3.00. The molecule has 2 rings (SSSR count). The van der Waals surface area contributed by atoms with E-state index in [0.717, 1.165) is 0 Å². The van der Waals surface area contributed by atoms with Crippen molar-refractivity contribution in [2.45, 2.75) is 0 Å². The van der Waals surface area contributed by atoms with Crippen LogP contribution in [0.3, 0.4) is 0 Å². The lowest BCUT2D eigenvalue weighted by Gasteiger charge is -1.86. The smallest absolute Gasteiger partial charge is 0.00104 e. The quantitative estimate of drug-likeness (QED) is 0.457. The Morgan fingerprint density at radius 1 is 0.889 bits per heavy atom. The zero-order valence-corrected chi connectivity index (χ0v) is 4.81. The molecular weight excluding hydrogens is 108 g/mol. The van der Waals surface area contributed by atoms with Crippen LogP contribution in [0.5, 0.6) is 0 Å². The largest absolute Gasteiger partial charge is 0.119 e. The van der Waals surface area contributed by atoms with Gasteiger partial charge in [0.15, 0.2) is 0 Å². The van der Waals surface area contributed by atoms with Crippen LogP contribution >= 0.6 is 0 Å². The van der Waals surface area contributed by atoms with Gasteiger partial charge in [-0.2, -0.15) is 0 Å². The molecule has 0 fully saturated rings. The molecular formula is C9H4. The van der Waals surface area contributed by atoms with Crippen molar-refractivity contribution in [2.75, 3.05) is 0 Å². The predicted octanol–water partition coefficient (Wildman–Crippen LogP) is 1.93. The number of hydrogen-bond acceptors (Lipinski definition) is 0. The van der Waals surface area contributed by atoms with E-state index in [9.17, 15) is 0 Å². The highest BCUT2D eigenvalue weighted by Crippen LogP contribution is 2.13. The maximum Gasteiger partial charge on any atom is -0.00104 e. The van der Waals surface area contributed by atoms with Gasteiger partial charge in [0.2, 0.25) is 0 Å². The minimum Gasteiger partial charge on any atom is -0.119 e. The second-order valence-corrected chi connectivity index (χ2v) is 1.94. The van der Waals surface area contributed by atoms with Gasteiger partial charge in [0.25, 0.3) is 0 Å². The van der Waals surface area contributed by atoms with Gasteiger partial charge in [0.1, 0.15) is 0 Å². The van der Waals surface area contributed by atoms with E-state index in [0.29, 0.717) is 0 Å². The topological polar surface area (TPSA) is 0 Å². The molecule has 0 nitrogen and oxygen atoms in total. The fraction of sp³-hybridized carbons (Fsp3) is 0. The van der Waals surface area contributed by atoms with E-state index < -0.39 is 0 Å². The second-order valence-electron chi connectivity index (χ2n) is 1.94. The minimum absolute atomic E-state index is 1.19. The minimum atomic E-state index is 1.19. The number of rotatable bonds is 0. The Morgan fingerprint density at radius 2 is 1.44 bits per heavy atom. The second kappa shape index (κ2) is 1.52. The van der Waals surface area contributed by atoms with Crippen LogP contribution in [0.25, 0.3) is 12.2 Å². The van der Waals surface area contributed by atoms with E-state index in [4.69, 9.17) is 0 Å². The Kier molecular flexibility index (Phi) is 0.749. The highest BCUT2D eigenvalue weighted by atomic mass is 14.0. The SMILES string of the molecule is C1=Cc2cc#ccc2C=1. The molecule has 0 saturated heterocycles. The fourth-order valence-electron chi connectivity index (χ4n) is 0.877. The van der Waals surface area contributed by atoms with Crippen LogP contribution < -0.4 is 0 Å². The first-order valence-electron chi connectivity index (χ1n) is 2.81. The van der Waals surface area contributed by atoms with Crippen LogP contribution in [0.2, 0.25) is 0 Å². The zero-order chi connectivity index (χ0) is 6.10. The number of fused-ring (bicyclic) bond motifs is 1. The van der Waals surface area contributed by atoms with Crippen LogP contribution in [0, 0.1) is 12.1 Å². The standard InChI is InChI=1S/C9H4/c1-2-5-9-7-3-6-8(9)4-1/h4-7H. The molecule has 0 heteroatoms. The summed E-state index contributed by atoms with van der Waals surface area (Å²) in [7, 11) is 0. The highest BCUT2D eigenvalue weighted by Gasteiger charge is 1.95. The van der Waals surface area contributed by atoms with Crippen LogP contribution in [0.15, 0.2) is 17.9 Å². The average Bonchev–Trinajstić information content (AvgIpc) is 2.33. The van der Waals surface area contributed by atoms with Crippen molar-refractivity contribution in [3.63, 3.8) is 0 Å². The van der Waals surface area contributed by atoms with Crippen molar-refractivity contribution in [3.8, 4) is 0 Å². The van der Waals surface area contributed by atoms with E-state index in [2.05, 4.69) is 17.9 Å². The first-order chi connectivity index (χ1) is 4.47. The molecule has 40 valence electrons. The van der Waals surface area contributed by atoms with Gasteiger partial charge in [-0.1, -0.05) is 12.1 Å². The predicted molar refractivity (Wildman–Crippen MR) is 36.6 cm³/mol. The van der Waals surface area contributed by atoms with Crippen molar-refractivity contribution in [1.29, 1.82) is 0 Å². The molecule has 9 heavy (non-hydrogen) atoms. The van der Waals surface area contributed by atoms with Gasteiger partial charge in [0, 0.05) is 0 Å². The zero-order valence-electron chi connectivity index (χ0n) is 4.81. The summed E-state index contributed by atoms with van der Waals surface area (Å²) in [5, 5.41) is 0. The van der Waals surface area contributed by atoms with Crippen LogP contribution in [0.1, 0.15) is 11.1 Å². The average molecular weight is 112 g/mol. The van der Waals surface area contributed by atoms with Crippen molar-refractivity contribution < 1.29 is 0 Å². The molecule has 0 spiro atoms. The monoisotopic (exact) mass is 112 g/mol. The Labute approximate surface area is 54.1 Å². The summed E-state index contributed by atoms with van der Waals surface area (Å²) in [6, 6.07) is 9.57. The van der Waals surface area contributed by atoms with Crippen molar-refractivity contribution in [1.82, 2.24) is 0 Å². The molecule has 1 aromatic rings. The molecule has 0 aliphatic heterocycles. The molecule has 0 atom stereocenters. The molecule has 0 heterocycles. The Morgan fingerprint density at radius 3 is 2.00 bits per heavy atom. The van der Waals surface area contributed by atoms with E-state index in [1.54, 1.807) is 0 Å². The molecule has 0 aromatic heterocycles. The Balaban J connectivity index is 2.72. The van der Waals surface area contributed by atoms with Crippen molar-refractivity contribution in [2.24, 2.45) is 0 Å². The van der Waals surface area contributed by atoms with Crippen LogP contribution in [-0.2, 0) is 0 Å². The summed E-state index contributed by atoms with van der Waals surface area (Å²) >= 11 is 0. The Hall–Kier alpha value is -1.44. The molecule has 0 radical (unpaired) electrons. The fourth-order valence-corrected chi connectivity index (χ4v) is 0.877. The summed E-state index contributed by atoms with van der Waals surface area (Å²) in [6.07, 6.45) is 3.89. The van der Waals surface area contributed by atoms with Crippen molar-refractivity contribution in [3.05, 3.63) is 41.1 Å². The third-order valence-corrected chi connectivity index (χ3v) is 1.35. The first kappa shape index (κ1) is 4.44. The lowest BCUT2D eigenvalue weighted by atomic mass is 10.2. The van der Waals surface area contributed by atoms with Gasteiger partial charge >= 0.3 is 0 Å². The van der Waals surface area contributed by atoms with E-state index in [-0.39, 0.29) is 0 Å². The molecule has 0 bridgehead atoms. The third kappa shape index (κ3) is 0.563. The van der Waals surface area contributed by atoms with Gasteiger partial charge in [-0.25, -0.2) is 0 Å². The van der Waals surface area contributed by atoms with Gasteiger partial charge in [-0.15, -0.1) is 5.73 Å².